The lowest BCUT2D eigenvalue weighted by molar-refractivity contribution is -0.240. The van der Waals surface area contributed by atoms with E-state index in [-0.39, 0.29) is 0 Å². The average Bonchev–Trinajstić information content (AvgIpc) is 2.58. The minimum Gasteiger partial charge on any atom is -0.427 e. The topological polar surface area (TPSA) is 61.5 Å². The van der Waals surface area contributed by atoms with E-state index < -0.39 is 30.1 Å². The lowest BCUT2D eigenvalue weighted by atomic mass is 10.0. The van der Waals surface area contributed by atoms with Gasteiger partial charge in [-0.15, -0.1) is 0 Å². The summed E-state index contributed by atoms with van der Waals surface area (Å²) in [5.74, 6) is -2.35. The quantitative estimate of drug-likeness (QED) is 0.620. The Morgan fingerprint density at radius 1 is 0.923 bits per heavy atom. The third-order valence-electron chi connectivity index (χ3n) is 3.52. The molecule has 1 unspecified atom stereocenters. The average molecular weight is 367 g/mol. The maximum absolute atomic E-state index is 12.6. The normalized spacial score (nSPS) is 13.5. The fourth-order valence-corrected chi connectivity index (χ4v) is 2.25. The van der Waals surface area contributed by atoms with Crippen LogP contribution in [0.1, 0.15) is 31.1 Å². The highest BCUT2D eigenvalue weighted by Crippen LogP contribution is 2.31. The van der Waals surface area contributed by atoms with Crippen LogP contribution in [-0.2, 0) is 14.3 Å². The first kappa shape index (κ1) is 19.9. The van der Waals surface area contributed by atoms with Crippen LogP contribution in [0.3, 0.4) is 0 Å². The van der Waals surface area contributed by atoms with Gasteiger partial charge in [-0.3, -0.25) is 0 Å². The van der Waals surface area contributed by atoms with Gasteiger partial charge in [-0.25, -0.2) is 4.79 Å². The minimum absolute atomic E-state index is 0.691. The van der Waals surface area contributed by atoms with Crippen LogP contribution in [0.4, 0.5) is 13.2 Å². The number of halogens is 3. The highest BCUT2D eigenvalue weighted by Gasteiger charge is 2.45. The molecule has 0 aromatic heterocycles. The molecule has 0 aliphatic carbocycles. The first-order valence-electron chi connectivity index (χ1n) is 7.91. The number of hydrogen-bond donors (Lipinski definition) is 1. The smallest absolute Gasteiger partial charge is 0.427 e. The van der Waals surface area contributed by atoms with Gasteiger partial charge in [-0.2, -0.15) is 13.2 Å². The molecular formula is C19H20F3NO3. The number of alkyl halides is 3. The summed E-state index contributed by atoms with van der Waals surface area (Å²) in [5.41, 5.74) is 5.93. The fraction of sp³-hybridized carbons (Fsp3) is 0.316. The largest absolute Gasteiger partial charge is 0.491 e. The van der Waals surface area contributed by atoms with Gasteiger partial charge in [0.1, 0.15) is 6.10 Å². The second-order valence-electron chi connectivity index (χ2n) is 6.39. The molecule has 7 heteroatoms. The number of hydrogen-bond acceptors (Lipinski definition) is 4. The molecule has 1 atom stereocenters. The van der Waals surface area contributed by atoms with E-state index >= 15 is 0 Å². The molecule has 2 rings (SSSR count). The highest BCUT2D eigenvalue weighted by molar-refractivity contribution is 5.75. The van der Waals surface area contributed by atoms with Gasteiger partial charge in [0.15, 0.2) is 0 Å². The third-order valence-corrected chi connectivity index (χ3v) is 3.52. The Kier molecular flexibility index (Phi) is 6.05. The highest BCUT2D eigenvalue weighted by atomic mass is 19.4. The van der Waals surface area contributed by atoms with Crippen molar-refractivity contribution in [2.24, 2.45) is 5.73 Å². The van der Waals surface area contributed by atoms with E-state index in [1.54, 1.807) is 60.7 Å². The van der Waals surface area contributed by atoms with Gasteiger partial charge >= 0.3 is 12.1 Å². The van der Waals surface area contributed by atoms with Gasteiger partial charge in [0.05, 0.1) is 5.54 Å². The van der Waals surface area contributed by atoms with Crippen LogP contribution in [-0.4, -0.2) is 24.0 Å². The Bertz CT molecular complexity index is 673. The van der Waals surface area contributed by atoms with Gasteiger partial charge < -0.3 is 15.2 Å². The predicted molar refractivity (Wildman–Crippen MR) is 90.0 cm³/mol. The Labute approximate surface area is 149 Å². The standard InChI is InChI=1S/C19H20F3NO3/c1-18(2,23)17(26-16(24)19(20,21)22)25-15(13-9-5-3-6-10-13)14-11-7-4-8-12-14/h3-12,15,17H,23H2,1-2H3. The van der Waals surface area contributed by atoms with Crippen molar-refractivity contribution in [2.45, 2.75) is 38.0 Å². The lowest BCUT2D eigenvalue weighted by Crippen LogP contribution is -2.51. The van der Waals surface area contributed by atoms with Crippen LogP contribution in [0.15, 0.2) is 60.7 Å². The summed E-state index contributed by atoms with van der Waals surface area (Å²) < 4.78 is 48.2. The number of rotatable bonds is 6. The molecule has 0 aliphatic heterocycles. The first-order valence-corrected chi connectivity index (χ1v) is 7.91. The van der Waals surface area contributed by atoms with Crippen LogP contribution in [0.5, 0.6) is 0 Å². The molecule has 0 bridgehead atoms. The number of carbonyl (C=O) groups is 1. The summed E-state index contributed by atoms with van der Waals surface area (Å²) in [6, 6.07) is 17.8. The fourth-order valence-electron chi connectivity index (χ4n) is 2.25. The molecule has 140 valence electrons. The van der Waals surface area contributed by atoms with Crippen LogP contribution in [0.2, 0.25) is 0 Å². The molecule has 0 aliphatic rings. The summed E-state index contributed by atoms with van der Waals surface area (Å²) in [7, 11) is 0. The Hall–Kier alpha value is -2.38. The summed E-state index contributed by atoms with van der Waals surface area (Å²) in [4.78, 5) is 11.3. The summed E-state index contributed by atoms with van der Waals surface area (Å²) in [5, 5.41) is 0. The van der Waals surface area contributed by atoms with E-state index in [1.807, 2.05) is 0 Å². The SMILES string of the molecule is CC(C)(N)C(OC(=O)C(F)(F)F)OC(c1ccccc1)c1ccccc1. The lowest BCUT2D eigenvalue weighted by Gasteiger charge is -2.33. The van der Waals surface area contributed by atoms with Crippen molar-refractivity contribution in [3.05, 3.63) is 71.8 Å². The van der Waals surface area contributed by atoms with Crippen molar-refractivity contribution < 1.29 is 27.4 Å². The van der Waals surface area contributed by atoms with Crippen molar-refractivity contribution >= 4 is 5.97 Å². The molecule has 0 fully saturated rings. The molecule has 4 nitrogen and oxygen atoms in total. The number of carbonyl (C=O) groups excluding carboxylic acids is 1. The third kappa shape index (κ3) is 5.31. The number of nitrogens with two attached hydrogens (primary N) is 1. The van der Waals surface area contributed by atoms with Gasteiger partial charge in [0.2, 0.25) is 6.29 Å². The first-order chi connectivity index (χ1) is 12.1. The molecule has 26 heavy (non-hydrogen) atoms. The van der Waals surface area contributed by atoms with Crippen molar-refractivity contribution in [3.8, 4) is 0 Å². The maximum atomic E-state index is 12.6. The van der Waals surface area contributed by atoms with Gasteiger partial charge in [0, 0.05) is 0 Å². The second-order valence-corrected chi connectivity index (χ2v) is 6.39. The van der Waals surface area contributed by atoms with E-state index in [9.17, 15) is 18.0 Å². The van der Waals surface area contributed by atoms with Gasteiger partial charge in [-0.05, 0) is 25.0 Å². The maximum Gasteiger partial charge on any atom is 0.491 e. The zero-order chi connectivity index (χ0) is 19.4. The molecule has 2 aromatic rings. The van der Waals surface area contributed by atoms with Crippen LogP contribution >= 0.6 is 0 Å². The van der Waals surface area contributed by atoms with E-state index in [2.05, 4.69) is 4.74 Å². The van der Waals surface area contributed by atoms with Gasteiger partial charge in [0.25, 0.3) is 0 Å². The van der Waals surface area contributed by atoms with Crippen LogP contribution in [0, 0.1) is 0 Å². The molecule has 0 spiro atoms. The molecular weight excluding hydrogens is 347 g/mol. The minimum atomic E-state index is -5.14. The summed E-state index contributed by atoms with van der Waals surface area (Å²) in [6.07, 6.45) is -7.50. The van der Waals surface area contributed by atoms with Crippen molar-refractivity contribution in [2.75, 3.05) is 0 Å². The Balaban J connectivity index is 2.35. The molecule has 0 amide bonds. The molecule has 0 saturated heterocycles. The predicted octanol–water partition coefficient (Wildman–Crippen LogP) is 3.96. The number of ether oxygens (including phenoxy) is 2. The zero-order valence-corrected chi connectivity index (χ0v) is 14.4. The molecule has 2 N–H and O–H groups in total. The van der Waals surface area contributed by atoms with E-state index in [1.165, 1.54) is 13.8 Å². The number of benzene rings is 2. The monoisotopic (exact) mass is 367 g/mol. The summed E-state index contributed by atoms with van der Waals surface area (Å²) in [6.45, 7) is 2.85. The van der Waals surface area contributed by atoms with Crippen molar-refractivity contribution in [1.82, 2.24) is 0 Å². The van der Waals surface area contributed by atoms with E-state index in [4.69, 9.17) is 10.5 Å². The van der Waals surface area contributed by atoms with Gasteiger partial charge in [-0.1, -0.05) is 60.7 Å². The number of esters is 1. The zero-order valence-electron chi connectivity index (χ0n) is 14.4. The van der Waals surface area contributed by atoms with Crippen LogP contribution < -0.4 is 5.73 Å². The Morgan fingerprint density at radius 3 is 1.69 bits per heavy atom. The van der Waals surface area contributed by atoms with Crippen molar-refractivity contribution in [3.63, 3.8) is 0 Å². The van der Waals surface area contributed by atoms with Crippen molar-refractivity contribution in [1.29, 1.82) is 0 Å². The second kappa shape index (κ2) is 7.88. The molecule has 0 radical (unpaired) electrons. The van der Waals surface area contributed by atoms with E-state index in [0.717, 1.165) is 0 Å². The van der Waals surface area contributed by atoms with Crippen LogP contribution in [0.25, 0.3) is 0 Å². The molecule has 2 aromatic carbocycles. The summed E-state index contributed by atoms with van der Waals surface area (Å²) >= 11 is 0. The molecule has 0 saturated carbocycles. The van der Waals surface area contributed by atoms with E-state index in [0.29, 0.717) is 11.1 Å². The Morgan fingerprint density at radius 2 is 1.35 bits per heavy atom. The molecule has 0 heterocycles.